The van der Waals surface area contributed by atoms with Crippen LogP contribution in [0.1, 0.15) is 66.2 Å². The first kappa shape index (κ1) is 14.8. The molecule has 2 rings (SSSR count). The molecule has 0 radical (unpaired) electrons. The van der Waals surface area contributed by atoms with Gasteiger partial charge in [-0.05, 0) is 37.5 Å². The lowest BCUT2D eigenvalue weighted by Gasteiger charge is -2.26. The molecule has 1 unspecified atom stereocenters. The summed E-state index contributed by atoms with van der Waals surface area (Å²) < 4.78 is 0. The van der Waals surface area contributed by atoms with Crippen LogP contribution in [0, 0.1) is 11.8 Å². The highest BCUT2D eigenvalue weighted by Gasteiger charge is 2.51. The molecule has 3 nitrogen and oxygen atoms in total. The van der Waals surface area contributed by atoms with Crippen LogP contribution in [0.25, 0.3) is 0 Å². The van der Waals surface area contributed by atoms with Gasteiger partial charge in [0, 0.05) is 6.54 Å². The molecule has 1 saturated carbocycles. The van der Waals surface area contributed by atoms with Gasteiger partial charge in [-0.3, -0.25) is 10.1 Å². The maximum absolute atomic E-state index is 12.8. The van der Waals surface area contributed by atoms with Crippen LogP contribution in [0.2, 0.25) is 0 Å². The summed E-state index contributed by atoms with van der Waals surface area (Å²) in [6.07, 6.45) is 6.93. The quantitative estimate of drug-likeness (QED) is 0.829. The van der Waals surface area contributed by atoms with E-state index in [4.69, 9.17) is 0 Å². The minimum Gasteiger partial charge on any atom is -0.326 e. The molecule has 0 bridgehead atoms. The van der Waals surface area contributed by atoms with Gasteiger partial charge in [0.1, 0.15) is 0 Å². The molecule has 3 heteroatoms. The SMILES string of the molecule is CC(C)CCN1C(=O)C2(CCCC2)NC1CC(C)C. The van der Waals surface area contributed by atoms with Crippen molar-refractivity contribution >= 4 is 5.91 Å². The van der Waals surface area contributed by atoms with Gasteiger partial charge in [0.25, 0.3) is 0 Å². The third-order valence-electron chi connectivity index (χ3n) is 4.59. The normalized spacial score (nSPS) is 26.3. The van der Waals surface area contributed by atoms with E-state index in [1.54, 1.807) is 0 Å². The van der Waals surface area contributed by atoms with Crippen molar-refractivity contribution in [3.05, 3.63) is 0 Å². The molecule has 0 aromatic rings. The van der Waals surface area contributed by atoms with Crippen molar-refractivity contribution in [1.29, 1.82) is 0 Å². The molecule has 1 amide bonds. The van der Waals surface area contributed by atoms with Crippen LogP contribution in [0.4, 0.5) is 0 Å². The fraction of sp³-hybridized carbons (Fsp3) is 0.938. The number of rotatable bonds is 5. The summed E-state index contributed by atoms with van der Waals surface area (Å²) in [5.41, 5.74) is -0.198. The van der Waals surface area contributed by atoms with Crippen LogP contribution in [0.5, 0.6) is 0 Å². The Kier molecular flexibility index (Phi) is 4.54. The van der Waals surface area contributed by atoms with Crippen LogP contribution in [-0.4, -0.2) is 29.1 Å². The summed E-state index contributed by atoms with van der Waals surface area (Å²) in [6, 6.07) is 0. The highest BCUT2D eigenvalue weighted by Crippen LogP contribution is 2.37. The number of amides is 1. The lowest BCUT2D eigenvalue weighted by atomic mass is 9.98. The molecule has 1 spiro atoms. The van der Waals surface area contributed by atoms with Crippen molar-refractivity contribution in [2.45, 2.75) is 77.9 Å². The second-order valence-corrected chi connectivity index (χ2v) is 7.26. The van der Waals surface area contributed by atoms with E-state index >= 15 is 0 Å². The monoisotopic (exact) mass is 266 g/mol. The second-order valence-electron chi connectivity index (χ2n) is 7.26. The molecule has 0 aromatic carbocycles. The van der Waals surface area contributed by atoms with Gasteiger partial charge in [0.05, 0.1) is 11.7 Å². The zero-order valence-corrected chi connectivity index (χ0v) is 13.0. The summed E-state index contributed by atoms with van der Waals surface area (Å²) in [6.45, 7) is 9.87. The fourth-order valence-corrected chi connectivity index (χ4v) is 3.50. The molecular formula is C16H30N2O. The summed E-state index contributed by atoms with van der Waals surface area (Å²) in [5.74, 6) is 1.67. The van der Waals surface area contributed by atoms with Crippen LogP contribution in [-0.2, 0) is 4.79 Å². The van der Waals surface area contributed by atoms with Gasteiger partial charge in [0.15, 0.2) is 0 Å². The molecular weight excluding hydrogens is 236 g/mol. The highest BCUT2D eigenvalue weighted by atomic mass is 16.2. The lowest BCUT2D eigenvalue weighted by molar-refractivity contribution is -0.133. The van der Waals surface area contributed by atoms with E-state index in [-0.39, 0.29) is 11.7 Å². The Morgan fingerprint density at radius 3 is 2.37 bits per heavy atom. The van der Waals surface area contributed by atoms with E-state index in [0.717, 1.165) is 32.2 Å². The fourth-order valence-electron chi connectivity index (χ4n) is 3.50. The first-order valence-corrected chi connectivity index (χ1v) is 8.03. The maximum atomic E-state index is 12.8. The molecule has 110 valence electrons. The van der Waals surface area contributed by atoms with E-state index in [9.17, 15) is 4.79 Å². The predicted molar refractivity (Wildman–Crippen MR) is 78.7 cm³/mol. The van der Waals surface area contributed by atoms with Crippen molar-refractivity contribution < 1.29 is 4.79 Å². The summed E-state index contributed by atoms with van der Waals surface area (Å²) in [5, 5.41) is 3.70. The van der Waals surface area contributed by atoms with E-state index in [2.05, 4.69) is 37.9 Å². The number of carbonyl (C=O) groups excluding carboxylic acids is 1. The van der Waals surface area contributed by atoms with Gasteiger partial charge in [0.2, 0.25) is 5.91 Å². The second kappa shape index (κ2) is 5.82. The van der Waals surface area contributed by atoms with Crippen LogP contribution < -0.4 is 5.32 Å². The Labute approximate surface area is 118 Å². The van der Waals surface area contributed by atoms with Crippen molar-refractivity contribution in [3.63, 3.8) is 0 Å². The number of nitrogens with one attached hydrogen (secondary N) is 1. The van der Waals surface area contributed by atoms with Gasteiger partial charge >= 0.3 is 0 Å². The van der Waals surface area contributed by atoms with Crippen LogP contribution >= 0.6 is 0 Å². The number of hydrogen-bond donors (Lipinski definition) is 1. The molecule has 1 aliphatic heterocycles. The first-order chi connectivity index (χ1) is 8.94. The molecule has 1 saturated heterocycles. The Bertz CT molecular complexity index is 319. The molecule has 2 fully saturated rings. The van der Waals surface area contributed by atoms with Crippen molar-refractivity contribution in [2.75, 3.05) is 6.54 Å². The lowest BCUT2D eigenvalue weighted by Crippen LogP contribution is -2.44. The minimum absolute atomic E-state index is 0.198. The summed E-state index contributed by atoms with van der Waals surface area (Å²) >= 11 is 0. The molecule has 2 aliphatic rings. The third-order valence-corrected chi connectivity index (χ3v) is 4.59. The number of carbonyl (C=O) groups is 1. The largest absolute Gasteiger partial charge is 0.326 e. The maximum Gasteiger partial charge on any atom is 0.244 e. The van der Waals surface area contributed by atoms with Gasteiger partial charge < -0.3 is 4.90 Å². The zero-order valence-electron chi connectivity index (χ0n) is 13.0. The first-order valence-electron chi connectivity index (χ1n) is 8.03. The summed E-state index contributed by atoms with van der Waals surface area (Å²) in [7, 11) is 0. The third kappa shape index (κ3) is 3.13. The van der Waals surface area contributed by atoms with E-state index in [1.165, 1.54) is 12.8 Å². The Hall–Kier alpha value is -0.570. The van der Waals surface area contributed by atoms with E-state index < -0.39 is 0 Å². The van der Waals surface area contributed by atoms with Crippen LogP contribution in [0.15, 0.2) is 0 Å². The van der Waals surface area contributed by atoms with Gasteiger partial charge in [-0.1, -0.05) is 40.5 Å². The Balaban J connectivity index is 2.08. The summed E-state index contributed by atoms with van der Waals surface area (Å²) in [4.78, 5) is 14.9. The minimum atomic E-state index is -0.198. The van der Waals surface area contributed by atoms with Gasteiger partial charge in [-0.15, -0.1) is 0 Å². The van der Waals surface area contributed by atoms with Gasteiger partial charge in [-0.25, -0.2) is 0 Å². The Morgan fingerprint density at radius 1 is 1.21 bits per heavy atom. The average Bonchev–Trinajstić information content (AvgIpc) is 2.85. The molecule has 0 aromatic heterocycles. The topological polar surface area (TPSA) is 32.3 Å². The predicted octanol–water partition coefficient (Wildman–Crippen LogP) is 3.15. The number of hydrogen-bond acceptors (Lipinski definition) is 2. The number of nitrogens with zero attached hydrogens (tertiary/aromatic N) is 1. The van der Waals surface area contributed by atoms with E-state index in [0.29, 0.717) is 17.7 Å². The standard InChI is InChI=1S/C16H30N2O/c1-12(2)7-10-18-14(11-13(3)4)17-16(15(18)19)8-5-6-9-16/h12-14,17H,5-11H2,1-4H3. The van der Waals surface area contributed by atoms with Crippen LogP contribution in [0.3, 0.4) is 0 Å². The van der Waals surface area contributed by atoms with Crippen molar-refractivity contribution in [3.8, 4) is 0 Å². The van der Waals surface area contributed by atoms with Gasteiger partial charge in [-0.2, -0.15) is 0 Å². The highest BCUT2D eigenvalue weighted by molar-refractivity contribution is 5.89. The molecule has 1 aliphatic carbocycles. The Morgan fingerprint density at radius 2 is 1.84 bits per heavy atom. The average molecular weight is 266 g/mol. The smallest absolute Gasteiger partial charge is 0.244 e. The molecule has 1 atom stereocenters. The van der Waals surface area contributed by atoms with Crippen molar-refractivity contribution in [2.24, 2.45) is 11.8 Å². The molecule has 1 heterocycles. The zero-order chi connectivity index (χ0) is 14.0. The van der Waals surface area contributed by atoms with Crippen molar-refractivity contribution in [1.82, 2.24) is 10.2 Å². The molecule has 19 heavy (non-hydrogen) atoms. The molecule has 1 N–H and O–H groups in total. The van der Waals surface area contributed by atoms with E-state index in [1.807, 2.05) is 0 Å².